The smallest absolute Gasteiger partial charge is 0.203 e. The zero-order valence-corrected chi connectivity index (χ0v) is 4.65. The second-order valence-corrected chi connectivity index (χ2v) is 3.13. The van der Waals surface area contributed by atoms with E-state index in [1.54, 1.807) is 0 Å². The van der Waals surface area contributed by atoms with Gasteiger partial charge in [0.1, 0.15) is 0 Å². The molecule has 3 heteroatoms. The van der Waals surface area contributed by atoms with E-state index in [0.29, 0.717) is 0 Å². The number of rotatable bonds is 0. The minimum atomic E-state index is -0.485. The molecule has 1 atom stereocenters. The van der Waals surface area contributed by atoms with Crippen molar-refractivity contribution < 1.29 is 9.05 Å². The Morgan fingerprint density at radius 3 is 2.86 bits per heavy atom. The Morgan fingerprint density at radius 1 is 1.57 bits per heavy atom. The van der Waals surface area contributed by atoms with Gasteiger partial charge in [-0.25, -0.2) is 0 Å². The van der Waals surface area contributed by atoms with Gasteiger partial charge in [0.05, 0.1) is 13.2 Å². The maximum atomic E-state index is 5.10. The van der Waals surface area contributed by atoms with Gasteiger partial charge in [0.25, 0.3) is 0 Å². The van der Waals surface area contributed by atoms with Crippen molar-refractivity contribution in [2.75, 3.05) is 13.2 Å². The molecule has 2 aliphatic rings. The molecule has 0 aromatic rings. The maximum Gasteiger partial charge on any atom is 0.203 e. The van der Waals surface area contributed by atoms with E-state index in [2.05, 4.69) is 6.08 Å². The highest BCUT2D eigenvalue weighted by atomic mass is 31.2. The Bertz CT molecular complexity index is 121. The average Bonchev–Trinajstić information content (AvgIpc) is 1.85. The van der Waals surface area contributed by atoms with Crippen molar-refractivity contribution >= 4 is 8.38 Å². The number of hydrogen-bond donors (Lipinski definition) is 0. The van der Waals surface area contributed by atoms with E-state index in [1.807, 2.05) is 0 Å². The Hall–Kier alpha value is 0.0900. The van der Waals surface area contributed by atoms with Crippen LogP contribution < -0.4 is 0 Å². The molecule has 0 spiro atoms. The fraction of sp³-hybridized carbons (Fsp3) is 0.500. The summed E-state index contributed by atoms with van der Waals surface area (Å²) in [5.74, 6) is 0. The predicted molar refractivity (Wildman–Crippen MR) is 26.9 cm³/mol. The van der Waals surface area contributed by atoms with Crippen LogP contribution in [0.1, 0.15) is 0 Å². The summed E-state index contributed by atoms with van der Waals surface area (Å²) in [4.78, 5) is 0. The second-order valence-electron chi connectivity index (χ2n) is 1.52. The monoisotopic (exact) mass is 116 g/mol. The maximum absolute atomic E-state index is 5.10. The highest BCUT2D eigenvalue weighted by molar-refractivity contribution is 7.54. The lowest BCUT2D eigenvalue weighted by Crippen LogP contribution is -2.02. The van der Waals surface area contributed by atoms with Crippen LogP contribution in [0.25, 0.3) is 0 Å². The largest absolute Gasteiger partial charge is 0.327 e. The lowest BCUT2D eigenvalue weighted by atomic mass is 10.5. The summed E-state index contributed by atoms with van der Waals surface area (Å²) in [7, 11) is -0.485. The predicted octanol–water partition coefficient (Wildman–Crippen LogP) is 1.24. The summed E-state index contributed by atoms with van der Waals surface area (Å²) < 4.78 is 10.1. The van der Waals surface area contributed by atoms with Crippen LogP contribution in [-0.4, -0.2) is 13.2 Å². The molecule has 1 fully saturated rings. The molecular weight excluding hydrogens is 111 g/mol. The van der Waals surface area contributed by atoms with E-state index < -0.39 is 8.38 Å². The molecule has 2 nitrogen and oxygen atoms in total. The van der Waals surface area contributed by atoms with Gasteiger partial charge in [-0.05, 0) is 6.08 Å². The normalized spacial score (nSPS) is 36.6. The van der Waals surface area contributed by atoms with E-state index in [-0.39, 0.29) is 0 Å². The molecule has 1 saturated heterocycles. The molecule has 2 rings (SSSR count). The van der Waals surface area contributed by atoms with Crippen LogP contribution in [0.5, 0.6) is 0 Å². The van der Waals surface area contributed by atoms with Gasteiger partial charge in [0, 0.05) is 5.31 Å². The average molecular weight is 116 g/mol. The second kappa shape index (κ2) is 1.28. The summed E-state index contributed by atoms with van der Waals surface area (Å²) in [6.07, 6.45) is 2.11. The number of hydrogen-bond acceptors (Lipinski definition) is 2. The summed E-state index contributed by atoms with van der Waals surface area (Å²) in [5, 5.41) is 1.38. The highest BCUT2D eigenvalue weighted by Crippen LogP contribution is 2.58. The van der Waals surface area contributed by atoms with Crippen LogP contribution in [0.4, 0.5) is 0 Å². The van der Waals surface area contributed by atoms with Gasteiger partial charge in [-0.3, -0.25) is 0 Å². The third kappa shape index (κ3) is 0.447. The molecule has 2 heterocycles. The van der Waals surface area contributed by atoms with Crippen molar-refractivity contribution in [1.82, 2.24) is 0 Å². The van der Waals surface area contributed by atoms with E-state index in [4.69, 9.17) is 9.05 Å². The summed E-state index contributed by atoms with van der Waals surface area (Å²) in [6, 6.07) is 0. The van der Waals surface area contributed by atoms with Crippen molar-refractivity contribution in [3.05, 3.63) is 11.4 Å². The SMILES string of the molecule is C1=C2COP2OC1. The molecule has 7 heavy (non-hydrogen) atoms. The van der Waals surface area contributed by atoms with Gasteiger partial charge >= 0.3 is 0 Å². The van der Waals surface area contributed by atoms with E-state index in [9.17, 15) is 0 Å². The van der Waals surface area contributed by atoms with Crippen LogP contribution in [0.3, 0.4) is 0 Å². The Balaban J connectivity index is 2.21. The molecule has 0 aliphatic carbocycles. The van der Waals surface area contributed by atoms with Crippen LogP contribution in [0.15, 0.2) is 11.4 Å². The minimum Gasteiger partial charge on any atom is -0.327 e. The quantitative estimate of drug-likeness (QED) is 0.443. The molecule has 0 saturated carbocycles. The Labute approximate surface area is 43.0 Å². The van der Waals surface area contributed by atoms with Gasteiger partial charge < -0.3 is 9.05 Å². The van der Waals surface area contributed by atoms with Crippen molar-refractivity contribution in [2.24, 2.45) is 0 Å². The molecule has 0 bridgehead atoms. The van der Waals surface area contributed by atoms with E-state index in [0.717, 1.165) is 13.2 Å². The molecule has 2 aliphatic heterocycles. The molecule has 0 aromatic heterocycles. The summed E-state index contributed by atoms with van der Waals surface area (Å²) >= 11 is 0. The first-order valence-electron chi connectivity index (χ1n) is 2.22. The fourth-order valence-corrected chi connectivity index (χ4v) is 1.70. The first kappa shape index (κ1) is 4.02. The standard InChI is InChI=1S/C4H5O2P/c1-2-5-7-4(1)3-6-7/h1H,2-3H2. The van der Waals surface area contributed by atoms with Crippen molar-refractivity contribution in [2.45, 2.75) is 0 Å². The molecule has 38 valence electrons. The van der Waals surface area contributed by atoms with E-state index >= 15 is 0 Å². The van der Waals surface area contributed by atoms with Crippen molar-refractivity contribution in [3.63, 3.8) is 0 Å². The third-order valence-electron chi connectivity index (χ3n) is 1.07. The van der Waals surface area contributed by atoms with Crippen molar-refractivity contribution in [1.29, 1.82) is 0 Å². The molecular formula is C4H5O2P. The lowest BCUT2D eigenvalue weighted by Gasteiger charge is -2.22. The molecule has 0 amide bonds. The van der Waals surface area contributed by atoms with Crippen LogP contribution in [0, 0.1) is 0 Å². The molecule has 1 unspecified atom stereocenters. The molecule has 0 aromatic carbocycles. The summed E-state index contributed by atoms with van der Waals surface area (Å²) in [5.41, 5.74) is 0. The zero-order chi connectivity index (χ0) is 4.69. The van der Waals surface area contributed by atoms with Gasteiger partial charge in [-0.1, -0.05) is 0 Å². The zero-order valence-electron chi connectivity index (χ0n) is 3.76. The fourth-order valence-electron chi connectivity index (χ4n) is 0.647. The van der Waals surface area contributed by atoms with Gasteiger partial charge in [0.2, 0.25) is 8.38 Å². The van der Waals surface area contributed by atoms with Crippen LogP contribution >= 0.6 is 8.38 Å². The van der Waals surface area contributed by atoms with Crippen LogP contribution in [-0.2, 0) is 9.05 Å². The van der Waals surface area contributed by atoms with Crippen LogP contribution in [0.2, 0.25) is 0 Å². The summed E-state index contributed by atoms with van der Waals surface area (Å²) in [6.45, 7) is 1.60. The lowest BCUT2D eigenvalue weighted by molar-refractivity contribution is 0.277. The first-order chi connectivity index (χ1) is 3.47. The van der Waals surface area contributed by atoms with Crippen molar-refractivity contribution in [3.8, 4) is 0 Å². The van der Waals surface area contributed by atoms with Gasteiger partial charge in [-0.2, -0.15) is 0 Å². The molecule has 0 radical (unpaired) electrons. The Kier molecular flexibility index (Phi) is 0.736. The first-order valence-corrected chi connectivity index (χ1v) is 3.39. The van der Waals surface area contributed by atoms with E-state index in [1.165, 1.54) is 5.31 Å². The Morgan fingerprint density at radius 2 is 2.57 bits per heavy atom. The third-order valence-corrected chi connectivity index (χ3v) is 2.60. The number of fused-ring (bicyclic) bond motifs is 1. The van der Waals surface area contributed by atoms with Gasteiger partial charge in [0.15, 0.2) is 0 Å². The molecule has 0 N–H and O–H groups in total. The minimum absolute atomic E-state index is 0.485. The van der Waals surface area contributed by atoms with Gasteiger partial charge in [-0.15, -0.1) is 0 Å². The topological polar surface area (TPSA) is 18.5 Å². The highest BCUT2D eigenvalue weighted by Gasteiger charge is 2.30.